The van der Waals surface area contributed by atoms with Gasteiger partial charge in [-0.3, -0.25) is 4.90 Å². The lowest BCUT2D eigenvalue weighted by molar-refractivity contribution is -0.148. The molecule has 2 atom stereocenters. The fourth-order valence-electron chi connectivity index (χ4n) is 5.22. The van der Waals surface area contributed by atoms with E-state index >= 15 is 0 Å². The van der Waals surface area contributed by atoms with E-state index in [2.05, 4.69) is 17.0 Å². The fraction of sp³-hybridized carbons (Fsp3) is 0.500. The molecule has 2 fully saturated rings. The Hall–Kier alpha value is -2.24. The summed E-state index contributed by atoms with van der Waals surface area (Å²) < 4.78 is 16.1. The standard InChI is InChI=1S/C24H31NO4/c1-27-21-9-7-18(8-10-21)24(26)19-5-4-6-20(24)16-25(15-19)14-17-11-22(28-2)13-23(12-17)29-3/h7-13,19-20,26H,4-6,14-16H2,1-3H3/t19-,20-/m0/s1. The number of fused-ring (bicyclic) bond motifs is 2. The molecule has 1 aliphatic carbocycles. The SMILES string of the molecule is COc1ccc(C2(O)[C@H]3CCC[C@H]2CN(Cc2cc(OC)cc(OC)c2)C3)cc1. The van der Waals surface area contributed by atoms with Crippen LogP contribution < -0.4 is 14.2 Å². The average molecular weight is 398 g/mol. The number of aliphatic hydroxyl groups is 1. The maximum absolute atomic E-state index is 11.8. The van der Waals surface area contributed by atoms with Crippen LogP contribution in [0.5, 0.6) is 17.2 Å². The zero-order valence-corrected chi connectivity index (χ0v) is 17.6. The van der Waals surface area contributed by atoms with Crippen molar-refractivity contribution in [3.8, 4) is 17.2 Å². The third kappa shape index (κ3) is 3.81. The van der Waals surface area contributed by atoms with Gasteiger partial charge in [-0.15, -0.1) is 0 Å². The summed E-state index contributed by atoms with van der Waals surface area (Å²) >= 11 is 0. The third-order valence-electron chi connectivity index (χ3n) is 6.68. The van der Waals surface area contributed by atoms with Crippen molar-refractivity contribution in [3.63, 3.8) is 0 Å². The van der Waals surface area contributed by atoms with Crippen LogP contribution in [0.25, 0.3) is 0 Å². The van der Waals surface area contributed by atoms with Crippen molar-refractivity contribution in [2.45, 2.75) is 31.4 Å². The van der Waals surface area contributed by atoms with Crippen LogP contribution in [0.15, 0.2) is 42.5 Å². The Morgan fingerprint density at radius 2 is 1.41 bits per heavy atom. The zero-order valence-electron chi connectivity index (χ0n) is 17.6. The molecule has 2 aromatic carbocycles. The van der Waals surface area contributed by atoms with Gasteiger partial charge in [0.1, 0.15) is 17.2 Å². The number of likely N-dealkylation sites (tertiary alicyclic amines) is 1. The number of hydrogen-bond acceptors (Lipinski definition) is 5. The van der Waals surface area contributed by atoms with E-state index in [-0.39, 0.29) is 11.8 Å². The lowest BCUT2D eigenvalue weighted by atomic mass is 9.62. The molecule has 156 valence electrons. The zero-order chi connectivity index (χ0) is 20.4. The topological polar surface area (TPSA) is 51.2 Å². The highest BCUT2D eigenvalue weighted by Crippen LogP contribution is 2.49. The summed E-state index contributed by atoms with van der Waals surface area (Å²) in [6.07, 6.45) is 3.29. The second-order valence-corrected chi connectivity index (χ2v) is 8.29. The van der Waals surface area contributed by atoms with Gasteiger partial charge in [0.05, 0.1) is 26.9 Å². The van der Waals surface area contributed by atoms with Gasteiger partial charge in [-0.05, 0) is 48.2 Å². The van der Waals surface area contributed by atoms with Gasteiger partial charge in [-0.1, -0.05) is 18.6 Å². The first kappa shape index (κ1) is 20.0. The Labute approximate surface area is 173 Å². The number of nitrogens with zero attached hydrogens (tertiary/aromatic N) is 1. The molecular weight excluding hydrogens is 366 g/mol. The molecule has 2 aliphatic rings. The van der Waals surface area contributed by atoms with E-state index in [1.54, 1.807) is 21.3 Å². The largest absolute Gasteiger partial charge is 0.497 e. The molecule has 0 aromatic heterocycles. The predicted octanol–water partition coefficient (Wildman–Crippen LogP) is 3.83. The Balaban J connectivity index is 1.55. The summed E-state index contributed by atoms with van der Waals surface area (Å²) in [5.41, 5.74) is 1.44. The molecule has 0 spiro atoms. The molecule has 1 saturated carbocycles. The highest BCUT2D eigenvalue weighted by molar-refractivity contribution is 5.38. The Morgan fingerprint density at radius 3 is 1.93 bits per heavy atom. The minimum Gasteiger partial charge on any atom is -0.497 e. The molecular formula is C24H31NO4. The van der Waals surface area contributed by atoms with E-state index in [9.17, 15) is 5.11 Å². The van der Waals surface area contributed by atoms with Gasteiger partial charge in [0.25, 0.3) is 0 Å². The molecule has 5 heteroatoms. The van der Waals surface area contributed by atoms with Gasteiger partial charge in [0.2, 0.25) is 0 Å². The highest BCUT2D eigenvalue weighted by atomic mass is 16.5. The smallest absolute Gasteiger partial charge is 0.122 e. The van der Waals surface area contributed by atoms with Crippen LogP contribution in [0.4, 0.5) is 0 Å². The molecule has 5 nitrogen and oxygen atoms in total. The van der Waals surface area contributed by atoms with E-state index in [4.69, 9.17) is 14.2 Å². The quantitative estimate of drug-likeness (QED) is 0.803. The monoisotopic (exact) mass is 397 g/mol. The van der Waals surface area contributed by atoms with Crippen LogP contribution >= 0.6 is 0 Å². The van der Waals surface area contributed by atoms with Crippen molar-refractivity contribution in [1.29, 1.82) is 0 Å². The molecule has 0 radical (unpaired) electrons. The van der Waals surface area contributed by atoms with Crippen molar-refractivity contribution in [2.75, 3.05) is 34.4 Å². The van der Waals surface area contributed by atoms with E-state index in [0.717, 1.165) is 55.3 Å². The van der Waals surface area contributed by atoms with Crippen molar-refractivity contribution in [1.82, 2.24) is 4.90 Å². The minimum atomic E-state index is -0.757. The Morgan fingerprint density at radius 1 is 0.862 bits per heavy atom. The lowest BCUT2D eigenvalue weighted by Gasteiger charge is -2.53. The second-order valence-electron chi connectivity index (χ2n) is 8.29. The van der Waals surface area contributed by atoms with Gasteiger partial charge >= 0.3 is 0 Å². The molecule has 0 unspecified atom stereocenters. The summed E-state index contributed by atoms with van der Waals surface area (Å²) in [5.74, 6) is 2.91. The van der Waals surface area contributed by atoms with Crippen LogP contribution in [0.2, 0.25) is 0 Å². The van der Waals surface area contributed by atoms with Crippen molar-refractivity contribution >= 4 is 0 Å². The van der Waals surface area contributed by atoms with Crippen molar-refractivity contribution in [3.05, 3.63) is 53.6 Å². The maximum atomic E-state index is 11.8. The first-order chi connectivity index (χ1) is 14.1. The van der Waals surface area contributed by atoms with Gasteiger partial charge in [0.15, 0.2) is 0 Å². The van der Waals surface area contributed by atoms with Crippen LogP contribution in [-0.2, 0) is 12.1 Å². The molecule has 29 heavy (non-hydrogen) atoms. The molecule has 0 amide bonds. The first-order valence-electron chi connectivity index (χ1n) is 10.4. The molecule has 1 aliphatic heterocycles. The molecule has 2 bridgehead atoms. The summed E-state index contributed by atoms with van der Waals surface area (Å²) in [5, 5.41) is 11.8. The molecule has 1 N–H and O–H groups in total. The van der Waals surface area contributed by atoms with E-state index in [1.807, 2.05) is 30.3 Å². The molecule has 1 heterocycles. The summed E-state index contributed by atoms with van der Waals surface area (Å²) in [6, 6.07) is 14.0. The number of benzene rings is 2. The normalized spacial score (nSPS) is 26.8. The number of piperidine rings is 1. The Kier molecular flexibility index (Phi) is 5.70. The number of rotatable bonds is 6. The van der Waals surface area contributed by atoms with Gasteiger partial charge in [-0.25, -0.2) is 0 Å². The summed E-state index contributed by atoms with van der Waals surface area (Å²) in [6.45, 7) is 2.61. The molecule has 2 aromatic rings. The minimum absolute atomic E-state index is 0.232. The van der Waals surface area contributed by atoms with Crippen LogP contribution in [-0.4, -0.2) is 44.4 Å². The van der Waals surface area contributed by atoms with Gasteiger partial charge in [-0.2, -0.15) is 0 Å². The number of hydrogen-bond donors (Lipinski definition) is 1. The second kappa shape index (κ2) is 8.25. The van der Waals surface area contributed by atoms with Crippen LogP contribution in [0, 0.1) is 11.8 Å². The highest BCUT2D eigenvalue weighted by Gasteiger charge is 2.51. The average Bonchev–Trinajstić information content (AvgIpc) is 2.74. The predicted molar refractivity (Wildman–Crippen MR) is 113 cm³/mol. The lowest BCUT2D eigenvalue weighted by Crippen LogP contribution is -2.57. The van der Waals surface area contributed by atoms with Crippen molar-refractivity contribution < 1.29 is 19.3 Å². The van der Waals surface area contributed by atoms with E-state index in [0.29, 0.717) is 0 Å². The number of ether oxygens (including phenoxy) is 3. The summed E-state index contributed by atoms with van der Waals surface area (Å²) in [7, 11) is 5.03. The summed E-state index contributed by atoms with van der Waals surface area (Å²) in [4.78, 5) is 2.47. The van der Waals surface area contributed by atoms with E-state index < -0.39 is 5.60 Å². The molecule has 1 saturated heterocycles. The fourth-order valence-corrected chi connectivity index (χ4v) is 5.22. The number of methoxy groups -OCH3 is 3. The van der Waals surface area contributed by atoms with Gasteiger partial charge in [0, 0.05) is 37.5 Å². The maximum Gasteiger partial charge on any atom is 0.122 e. The van der Waals surface area contributed by atoms with E-state index in [1.165, 1.54) is 12.0 Å². The Bertz CT molecular complexity index is 799. The van der Waals surface area contributed by atoms with Crippen LogP contribution in [0.3, 0.4) is 0 Å². The van der Waals surface area contributed by atoms with Crippen molar-refractivity contribution in [2.24, 2.45) is 11.8 Å². The third-order valence-corrected chi connectivity index (χ3v) is 6.68. The van der Waals surface area contributed by atoms with Crippen LogP contribution in [0.1, 0.15) is 30.4 Å². The first-order valence-corrected chi connectivity index (χ1v) is 10.4. The van der Waals surface area contributed by atoms with Gasteiger partial charge < -0.3 is 19.3 Å². The molecule has 4 rings (SSSR count).